The van der Waals surface area contributed by atoms with Crippen molar-refractivity contribution >= 4 is 10.8 Å². The van der Waals surface area contributed by atoms with Crippen LogP contribution >= 0.6 is 0 Å². The molecule has 0 aromatic heterocycles. The Morgan fingerprint density at radius 1 is 0.900 bits per heavy atom. The molecule has 1 heteroatoms. The van der Waals surface area contributed by atoms with E-state index in [1.807, 2.05) is 0 Å². The van der Waals surface area contributed by atoms with E-state index in [0.717, 1.165) is 5.92 Å². The maximum absolute atomic E-state index is 3.61. The Balaban J connectivity index is 1.98. The van der Waals surface area contributed by atoms with Gasteiger partial charge in [-0.1, -0.05) is 68.1 Å². The molecule has 1 unspecified atom stereocenters. The summed E-state index contributed by atoms with van der Waals surface area (Å²) in [5.74, 6) is 0.785. The molecule has 1 saturated carbocycles. The molecule has 0 saturated heterocycles. The molecule has 0 radical (unpaired) electrons. The summed E-state index contributed by atoms with van der Waals surface area (Å²) in [6.45, 7) is 0. The zero-order chi connectivity index (χ0) is 13.8. The van der Waals surface area contributed by atoms with Gasteiger partial charge in [0.2, 0.25) is 0 Å². The molecule has 106 valence electrons. The molecule has 2 aromatic carbocycles. The van der Waals surface area contributed by atoms with E-state index in [9.17, 15) is 0 Å². The Hall–Kier alpha value is -1.34. The highest BCUT2D eigenvalue weighted by Gasteiger charge is 2.23. The van der Waals surface area contributed by atoms with Crippen molar-refractivity contribution in [2.45, 2.75) is 44.6 Å². The number of hydrogen-bond donors (Lipinski definition) is 1. The Morgan fingerprint density at radius 2 is 1.60 bits per heavy atom. The molecule has 3 rings (SSSR count). The van der Waals surface area contributed by atoms with E-state index >= 15 is 0 Å². The summed E-state index contributed by atoms with van der Waals surface area (Å²) in [6.07, 6.45) is 8.37. The minimum absolute atomic E-state index is 0.499. The largest absolute Gasteiger partial charge is 0.313 e. The first-order chi connectivity index (χ1) is 9.90. The van der Waals surface area contributed by atoms with Crippen LogP contribution in [0.2, 0.25) is 0 Å². The number of benzene rings is 2. The van der Waals surface area contributed by atoms with E-state index in [1.54, 1.807) is 0 Å². The van der Waals surface area contributed by atoms with Gasteiger partial charge in [-0.2, -0.15) is 0 Å². The summed E-state index contributed by atoms with van der Waals surface area (Å²) in [7, 11) is 2.12. The van der Waals surface area contributed by atoms with Gasteiger partial charge in [0.25, 0.3) is 0 Å². The average molecular weight is 267 g/mol. The van der Waals surface area contributed by atoms with Crippen LogP contribution in [0.25, 0.3) is 10.8 Å². The van der Waals surface area contributed by atoms with Gasteiger partial charge >= 0.3 is 0 Å². The third kappa shape index (κ3) is 2.73. The number of nitrogens with one attached hydrogen (secondary N) is 1. The summed E-state index contributed by atoms with van der Waals surface area (Å²) < 4.78 is 0. The first kappa shape index (κ1) is 13.6. The van der Waals surface area contributed by atoms with Crippen molar-refractivity contribution in [2.75, 3.05) is 7.05 Å². The van der Waals surface area contributed by atoms with E-state index in [2.05, 4.69) is 54.8 Å². The molecule has 1 fully saturated rings. The summed E-state index contributed by atoms with van der Waals surface area (Å²) in [6, 6.07) is 16.0. The molecular formula is C19H25N. The van der Waals surface area contributed by atoms with E-state index in [1.165, 1.54) is 54.9 Å². The molecule has 0 spiro atoms. The molecule has 1 aliphatic carbocycles. The number of fused-ring (bicyclic) bond motifs is 1. The zero-order valence-corrected chi connectivity index (χ0v) is 12.4. The van der Waals surface area contributed by atoms with Crippen molar-refractivity contribution < 1.29 is 0 Å². The third-order valence-corrected chi connectivity index (χ3v) is 4.84. The lowest BCUT2D eigenvalue weighted by Crippen LogP contribution is -2.25. The standard InChI is InChI=1S/C19H25N/c1-20-19(16-10-4-2-3-5-11-16)18-14-8-12-15-9-6-7-13-17(15)18/h6-9,12-14,16,19-20H,2-5,10-11H2,1H3. The Bertz CT molecular complexity index is 547. The molecule has 20 heavy (non-hydrogen) atoms. The molecule has 0 amide bonds. The van der Waals surface area contributed by atoms with Crippen molar-refractivity contribution in [3.05, 3.63) is 48.0 Å². The van der Waals surface area contributed by atoms with Gasteiger partial charge in [-0.05, 0) is 42.1 Å². The van der Waals surface area contributed by atoms with Gasteiger partial charge in [-0.3, -0.25) is 0 Å². The van der Waals surface area contributed by atoms with Crippen LogP contribution in [-0.2, 0) is 0 Å². The smallest absolute Gasteiger partial charge is 0.0352 e. The van der Waals surface area contributed by atoms with Crippen molar-refractivity contribution in [3.63, 3.8) is 0 Å². The minimum Gasteiger partial charge on any atom is -0.313 e. The Kier molecular flexibility index (Phi) is 4.37. The lowest BCUT2D eigenvalue weighted by atomic mass is 9.85. The highest BCUT2D eigenvalue weighted by molar-refractivity contribution is 5.86. The van der Waals surface area contributed by atoms with Gasteiger partial charge < -0.3 is 5.32 Å². The molecule has 2 aromatic rings. The predicted molar refractivity (Wildman–Crippen MR) is 86.9 cm³/mol. The van der Waals surface area contributed by atoms with Gasteiger partial charge in [0.15, 0.2) is 0 Å². The van der Waals surface area contributed by atoms with Crippen LogP contribution in [0.15, 0.2) is 42.5 Å². The first-order valence-electron chi connectivity index (χ1n) is 8.05. The summed E-state index contributed by atoms with van der Waals surface area (Å²) in [5.41, 5.74) is 1.48. The summed E-state index contributed by atoms with van der Waals surface area (Å²) in [4.78, 5) is 0. The molecule has 0 bridgehead atoms. The fourth-order valence-corrected chi connectivity index (χ4v) is 3.81. The van der Waals surface area contributed by atoms with E-state index in [-0.39, 0.29) is 0 Å². The Labute approximate surface area is 122 Å². The molecule has 0 heterocycles. The molecular weight excluding hydrogens is 242 g/mol. The second-order valence-corrected chi connectivity index (χ2v) is 6.09. The van der Waals surface area contributed by atoms with Gasteiger partial charge in [-0.15, -0.1) is 0 Å². The molecule has 0 aliphatic heterocycles. The first-order valence-corrected chi connectivity index (χ1v) is 8.05. The average Bonchev–Trinajstić information content (AvgIpc) is 2.78. The van der Waals surface area contributed by atoms with Crippen LogP contribution < -0.4 is 5.32 Å². The maximum Gasteiger partial charge on any atom is 0.0352 e. The van der Waals surface area contributed by atoms with Crippen LogP contribution in [0.4, 0.5) is 0 Å². The zero-order valence-electron chi connectivity index (χ0n) is 12.4. The second-order valence-electron chi connectivity index (χ2n) is 6.09. The van der Waals surface area contributed by atoms with Crippen molar-refractivity contribution in [3.8, 4) is 0 Å². The monoisotopic (exact) mass is 267 g/mol. The maximum atomic E-state index is 3.61. The van der Waals surface area contributed by atoms with Crippen LogP contribution in [0.1, 0.15) is 50.1 Å². The van der Waals surface area contributed by atoms with Crippen LogP contribution in [0.3, 0.4) is 0 Å². The molecule has 1 N–H and O–H groups in total. The summed E-state index contributed by atoms with van der Waals surface area (Å²) >= 11 is 0. The minimum atomic E-state index is 0.499. The predicted octanol–water partition coefficient (Wildman–Crippen LogP) is 5.07. The Morgan fingerprint density at radius 3 is 2.35 bits per heavy atom. The fraction of sp³-hybridized carbons (Fsp3) is 0.474. The fourth-order valence-electron chi connectivity index (χ4n) is 3.81. The van der Waals surface area contributed by atoms with Gasteiger partial charge in [0.05, 0.1) is 0 Å². The van der Waals surface area contributed by atoms with E-state index < -0.39 is 0 Å². The molecule has 1 nitrogen and oxygen atoms in total. The second kappa shape index (κ2) is 6.41. The van der Waals surface area contributed by atoms with Crippen LogP contribution in [-0.4, -0.2) is 7.05 Å². The van der Waals surface area contributed by atoms with Crippen LogP contribution in [0, 0.1) is 5.92 Å². The van der Waals surface area contributed by atoms with Crippen LogP contribution in [0.5, 0.6) is 0 Å². The van der Waals surface area contributed by atoms with Crippen molar-refractivity contribution in [1.29, 1.82) is 0 Å². The van der Waals surface area contributed by atoms with Gasteiger partial charge in [0.1, 0.15) is 0 Å². The molecule has 1 atom stereocenters. The quantitative estimate of drug-likeness (QED) is 0.765. The van der Waals surface area contributed by atoms with Crippen molar-refractivity contribution in [1.82, 2.24) is 5.32 Å². The highest BCUT2D eigenvalue weighted by atomic mass is 14.9. The third-order valence-electron chi connectivity index (χ3n) is 4.84. The summed E-state index contributed by atoms with van der Waals surface area (Å²) in [5, 5.41) is 6.38. The lowest BCUT2D eigenvalue weighted by molar-refractivity contribution is 0.343. The van der Waals surface area contributed by atoms with Gasteiger partial charge in [-0.25, -0.2) is 0 Å². The van der Waals surface area contributed by atoms with E-state index in [0.29, 0.717) is 6.04 Å². The lowest BCUT2D eigenvalue weighted by Gasteiger charge is -2.27. The molecule has 1 aliphatic rings. The van der Waals surface area contributed by atoms with Gasteiger partial charge in [0, 0.05) is 6.04 Å². The number of hydrogen-bond acceptors (Lipinski definition) is 1. The number of rotatable bonds is 3. The SMILES string of the molecule is CNC(c1cccc2ccccc12)C1CCCCCC1. The highest BCUT2D eigenvalue weighted by Crippen LogP contribution is 2.36. The normalized spacial score (nSPS) is 18.9. The topological polar surface area (TPSA) is 12.0 Å². The van der Waals surface area contributed by atoms with Crippen molar-refractivity contribution in [2.24, 2.45) is 5.92 Å². The van der Waals surface area contributed by atoms with E-state index in [4.69, 9.17) is 0 Å².